The molecule has 0 amide bonds. The van der Waals surface area contributed by atoms with Crippen LogP contribution in [0.3, 0.4) is 0 Å². The quantitative estimate of drug-likeness (QED) is 0.635. The number of aryl methyl sites for hydroxylation is 2. The Hall–Kier alpha value is -2.68. The van der Waals surface area contributed by atoms with Gasteiger partial charge in [0.25, 0.3) is 0 Å². The predicted molar refractivity (Wildman–Crippen MR) is 87.6 cm³/mol. The van der Waals surface area contributed by atoms with Crippen LogP contribution < -0.4 is 0 Å². The Balaban J connectivity index is 1.92. The van der Waals surface area contributed by atoms with Crippen LogP contribution >= 0.6 is 0 Å². The van der Waals surface area contributed by atoms with Crippen LogP contribution in [-0.2, 0) is 16.0 Å². The number of hydrogen-bond acceptors (Lipinski definition) is 3. The Morgan fingerprint density at radius 3 is 2.50 bits per heavy atom. The highest BCUT2D eigenvalue weighted by molar-refractivity contribution is 6.13. The van der Waals surface area contributed by atoms with E-state index < -0.39 is 5.97 Å². The normalized spacial score (nSPS) is 15.8. The largest absolute Gasteiger partial charge is 0.402 e. The van der Waals surface area contributed by atoms with Crippen LogP contribution in [0.2, 0.25) is 0 Å². The van der Waals surface area contributed by atoms with Crippen molar-refractivity contribution >= 4 is 17.9 Å². The van der Waals surface area contributed by atoms with Gasteiger partial charge in [0.2, 0.25) is 5.90 Å². The Labute approximate surface area is 130 Å². The molecule has 3 nitrogen and oxygen atoms in total. The van der Waals surface area contributed by atoms with Gasteiger partial charge in [0.1, 0.15) is 0 Å². The van der Waals surface area contributed by atoms with E-state index in [1.807, 2.05) is 43.3 Å². The Kier molecular flexibility index (Phi) is 3.88. The summed E-state index contributed by atoms with van der Waals surface area (Å²) in [4.78, 5) is 16.3. The van der Waals surface area contributed by atoms with Crippen molar-refractivity contribution in [2.45, 2.75) is 20.3 Å². The van der Waals surface area contributed by atoms with E-state index in [2.05, 4.69) is 24.0 Å². The fourth-order valence-electron chi connectivity index (χ4n) is 2.34. The molecule has 3 heteroatoms. The highest BCUT2D eigenvalue weighted by Crippen LogP contribution is 2.21. The first-order valence-electron chi connectivity index (χ1n) is 7.35. The lowest BCUT2D eigenvalue weighted by Gasteiger charge is -2.02. The van der Waals surface area contributed by atoms with Gasteiger partial charge in [0.15, 0.2) is 5.70 Å². The lowest BCUT2D eigenvalue weighted by Crippen LogP contribution is -2.06. The number of esters is 1. The van der Waals surface area contributed by atoms with Gasteiger partial charge in [-0.1, -0.05) is 49.4 Å². The number of rotatable bonds is 3. The molecule has 1 heterocycles. The Bertz CT molecular complexity index is 770. The van der Waals surface area contributed by atoms with E-state index in [0.717, 1.165) is 23.1 Å². The molecule has 1 aliphatic rings. The summed E-state index contributed by atoms with van der Waals surface area (Å²) < 4.78 is 5.30. The topological polar surface area (TPSA) is 38.7 Å². The van der Waals surface area contributed by atoms with E-state index in [0.29, 0.717) is 11.6 Å². The fraction of sp³-hybridized carbons (Fsp3) is 0.158. The number of carbonyl (C=O) groups is 1. The Morgan fingerprint density at radius 2 is 1.82 bits per heavy atom. The summed E-state index contributed by atoms with van der Waals surface area (Å²) in [7, 11) is 0. The first-order chi connectivity index (χ1) is 10.7. The molecule has 0 radical (unpaired) electrons. The van der Waals surface area contributed by atoms with Gasteiger partial charge in [0.05, 0.1) is 0 Å². The molecule has 2 aromatic carbocycles. The standard InChI is InChI=1S/C19H17NO2/c1-3-14-8-10-15(11-9-14)12-17-19(21)22-18(20-17)16-7-5-4-6-13(16)2/h4-12H,3H2,1-2H3/b17-12+. The number of aliphatic imine (C=N–C) groups is 1. The number of nitrogens with zero attached hydrogens (tertiary/aromatic N) is 1. The number of ether oxygens (including phenoxy) is 1. The van der Waals surface area contributed by atoms with Gasteiger partial charge in [-0.15, -0.1) is 0 Å². The zero-order chi connectivity index (χ0) is 15.5. The van der Waals surface area contributed by atoms with Gasteiger partial charge >= 0.3 is 5.97 Å². The molecule has 0 aromatic heterocycles. The molecule has 0 atom stereocenters. The molecule has 0 spiro atoms. The van der Waals surface area contributed by atoms with Crippen LogP contribution in [-0.4, -0.2) is 11.9 Å². The predicted octanol–water partition coefficient (Wildman–Crippen LogP) is 3.90. The minimum Gasteiger partial charge on any atom is -0.402 e. The van der Waals surface area contributed by atoms with Crippen LogP contribution in [0.5, 0.6) is 0 Å². The first-order valence-corrected chi connectivity index (χ1v) is 7.35. The molecule has 0 fully saturated rings. The summed E-state index contributed by atoms with van der Waals surface area (Å²) in [6.07, 6.45) is 2.75. The zero-order valence-electron chi connectivity index (χ0n) is 12.7. The highest BCUT2D eigenvalue weighted by Gasteiger charge is 2.24. The minimum absolute atomic E-state index is 0.336. The van der Waals surface area contributed by atoms with Gasteiger partial charge in [-0.3, -0.25) is 0 Å². The number of carbonyl (C=O) groups excluding carboxylic acids is 1. The zero-order valence-corrected chi connectivity index (χ0v) is 12.7. The van der Waals surface area contributed by atoms with Crippen LogP contribution in [0.4, 0.5) is 0 Å². The molecular formula is C19H17NO2. The van der Waals surface area contributed by atoms with Crippen molar-refractivity contribution in [3.05, 3.63) is 76.5 Å². The first kappa shape index (κ1) is 14.3. The molecule has 0 bridgehead atoms. The average molecular weight is 291 g/mol. The molecule has 3 rings (SSSR count). The summed E-state index contributed by atoms with van der Waals surface area (Å²) in [6, 6.07) is 15.8. The molecule has 110 valence electrons. The van der Waals surface area contributed by atoms with E-state index >= 15 is 0 Å². The lowest BCUT2D eigenvalue weighted by atomic mass is 10.1. The van der Waals surface area contributed by atoms with Crippen molar-refractivity contribution in [2.75, 3.05) is 0 Å². The van der Waals surface area contributed by atoms with E-state index in [9.17, 15) is 4.79 Å². The summed E-state index contributed by atoms with van der Waals surface area (Å²) in [5, 5.41) is 0. The molecular weight excluding hydrogens is 274 g/mol. The maximum atomic E-state index is 12.0. The maximum Gasteiger partial charge on any atom is 0.363 e. The van der Waals surface area contributed by atoms with Gasteiger partial charge in [0, 0.05) is 5.56 Å². The van der Waals surface area contributed by atoms with Crippen molar-refractivity contribution in [2.24, 2.45) is 4.99 Å². The van der Waals surface area contributed by atoms with Gasteiger partial charge in [-0.2, -0.15) is 0 Å². The summed E-state index contributed by atoms with van der Waals surface area (Å²) in [5.41, 5.74) is 4.42. The van der Waals surface area contributed by atoms with Crippen molar-refractivity contribution in [3.8, 4) is 0 Å². The van der Waals surface area contributed by atoms with Crippen molar-refractivity contribution in [1.82, 2.24) is 0 Å². The number of benzene rings is 2. The van der Waals surface area contributed by atoms with Crippen molar-refractivity contribution in [3.63, 3.8) is 0 Å². The van der Waals surface area contributed by atoms with Gasteiger partial charge in [-0.25, -0.2) is 9.79 Å². The smallest absolute Gasteiger partial charge is 0.363 e. The molecule has 0 aliphatic carbocycles. The second kappa shape index (κ2) is 5.98. The van der Waals surface area contributed by atoms with Crippen LogP contribution in [0.25, 0.3) is 6.08 Å². The van der Waals surface area contributed by atoms with E-state index in [4.69, 9.17) is 4.74 Å². The summed E-state index contributed by atoms with van der Waals surface area (Å²) >= 11 is 0. The summed E-state index contributed by atoms with van der Waals surface area (Å²) in [6.45, 7) is 4.08. The third-order valence-electron chi connectivity index (χ3n) is 3.69. The third kappa shape index (κ3) is 2.84. The van der Waals surface area contributed by atoms with E-state index in [1.165, 1.54) is 5.56 Å². The van der Waals surface area contributed by atoms with Crippen LogP contribution in [0.15, 0.2) is 59.2 Å². The van der Waals surface area contributed by atoms with Crippen molar-refractivity contribution in [1.29, 1.82) is 0 Å². The number of hydrogen-bond donors (Lipinski definition) is 0. The average Bonchev–Trinajstić information content (AvgIpc) is 2.89. The van der Waals surface area contributed by atoms with Gasteiger partial charge in [-0.05, 0) is 42.2 Å². The van der Waals surface area contributed by atoms with Crippen LogP contribution in [0, 0.1) is 6.92 Å². The Morgan fingerprint density at radius 1 is 1.09 bits per heavy atom. The molecule has 2 aromatic rings. The second-order valence-electron chi connectivity index (χ2n) is 5.25. The maximum absolute atomic E-state index is 12.0. The fourth-order valence-corrected chi connectivity index (χ4v) is 2.34. The summed E-state index contributed by atoms with van der Waals surface area (Å²) in [5.74, 6) is -0.0302. The van der Waals surface area contributed by atoms with E-state index in [-0.39, 0.29) is 0 Å². The molecule has 0 saturated carbocycles. The molecule has 0 saturated heterocycles. The van der Waals surface area contributed by atoms with E-state index in [1.54, 1.807) is 6.08 Å². The second-order valence-corrected chi connectivity index (χ2v) is 5.25. The van der Waals surface area contributed by atoms with Gasteiger partial charge < -0.3 is 4.74 Å². The van der Waals surface area contributed by atoms with Crippen molar-refractivity contribution < 1.29 is 9.53 Å². The molecule has 0 unspecified atom stereocenters. The molecule has 0 N–H and O–H groups in total. The highest BCUT2D eigenvalue weighted by atomic mass is 16.6. The van der Waals surface area contributed by atoms with Crippen LogP contribution in [0.1, 0.15) is 29.2 Å². The third-order valence-corrected chi connectivity index (χ3v) is 3.69. The SMILES string of the molecule is CCc1ccc(/C=C2/N=C(c3ccccc3C)OC2=O)cc1. The molecule has 1 aliphatic heterocycles. The monoisotopic (exact) mass is 291 g/mol. The number of cyclic esters (lactones) is 1. The molecule has 22 heavy (non-hydrogen) atoms. The lowest BCUT2D eigenvalue weighted by molar-refractivity contribution is -0.129. The minimum atomic E-state index is -0.405.